The standard InChI is InChI=1S/C16H23NO3/c1-3-12(13-4-6-15(20-2)7-5-13)10-16(19)17-9-8-14(18)11-17/h4-7,12,14,18H,3,8-11H2,1-2H3/t12?,14-/m1/s1. The van der Waals surface area contributed by atoms with Crippen molar-refractivity contribution in [2.24, 2.45) is 0 Å². The van der Waals surface area contributed by atoms with Gasteiger partial charge >= 0.3 is 0 Å². The van der Waals surface area contributed by atoms with E-state index in [0.29, 0.717) is 25.9 Å². The molecule has 1 aromatic carbocycles. The molecule has 0 aromatic heterocycles. The zero-order valence-electron chi connectivity index (χ0n) is 12.2. The summed E-state index contributed by atoms with van der Waals surface area (Å²) in [5.41, 5.74) is 1.17. The van der Waals surface area contributed by atoms with Crippen LogP contribution in [0.25, 0.3) is 0 Å². The highest BCUT2D eigenvalue weighted by Crippen LogP contribution is 2.26. The van der Waals surface area contributed by atoms with E-state index in [1.807, 2.05) is 24.3 Å². The van der Waals surface area contributed by atoms with Crippen LogP contribution in [0.3, 0.4) is 0 Å². The van der Waals surface area contributed by atoms with Crippen molar-refractivity contribution in [3.63, 3.8) is 0 Å². The first-order valence-electron chi connectivity index (χ1n) is 7.23. The van der Waals surface area contributed by atoms with Crippen molar-refractivity contribution < 1.29 is 14.6 Å². The maximum absolute atomic E-state index is 12.2. The number of nitrogens with zero attached hydrogens (tertiary/aromatic N) is 1. The van der Waals surface area contributed by atoms with Crippen LogP contribution in [-0.2, 0) is 4.79 Å². The normalized spacial score (nSPS) is 19.9. The Kier molecular flexibility index (Phi) is 5.01. The Morgan fingerprint density at radius 2 is 2.15 bits per heavy atom. The van der Waals surface area contributed by atoms with Crippen molar-refractivity contribution in [2.75, 3.05) is 20.2 Å². The molecule has 2 rings (SSSR count). The number of hydrogen-bond donors (Lipinski definition) is 1. The fourth-order valence-electron chi connectivity index (χ4n) is 2.68. The summed E-state index contributed by atoms with van der Waals surface area (Å²) in [5, 5.41) is 9.51. The summed E-state index contributed by atoms with van der Waals surface area (Å²) in [6.45, 7) is 3.26. The van der Waals surface area contributed by atoms with Crippen molar-refractivity contribution in [3.05, 3.63) is 29.8 Å². The smallest absolute Gasteiger partial charge is 0.223 e. The van der Waals surface area contributed by atoms with Crippen LogP contribution >= 0.6 is 0 Å². The molecule has 0 radical (unpaired) electrons. The molecule has 20 heavy (non-hydrogen) atoms. The van der Waals surface area contributed by atoms with E-state index in [9.17, 15) is 9.90 Å². The van der Waals surface area contributed by atoms with Gasteiger partial charge in [0.2, 0.25) is 5.91 Å². The molecule has 0 aliphatic carbocycles. The molecule has 0 bridgehead atoms. The number of rotatable bonds is 5. The first kappa shape index (κ1) is 14.9. The van der Waals surface area contributed by atoms with Crippen LogP contribution in [0.1, 0.15) is 37.7 Å². The largest absolute Gasteiger partial charge is 0.497 e. The van der Waals surface area contributed by atoms with Crippen molar-refractivity contribution in [2.45, 2.75) is 38.2 Å². The van der Waals surface area contributed by atoms with Crippen molar-refractivity contribution in [1.29, 1.82) is 0 Å². The minimum Gasteiger partial charge on any atom is -0.497 e. The van der Waals surface area contributed by atoms with E-state index in [1.165, 1.54) is 5.56 Å². The third-order valence-electron chi connectivity index (χ3n) is 4.02. The number of β-amino-alcohol motifs (C(OH)–C–C–N with tert-alkyl or cyclic N) is 1. The molecule has 1 unspecified atom stereocenters. The first-order chi connectivity index (χ1) is 9.63. The summed E-state index contributed by atoms with van der Waals surface area (Å²) < 4.78 is 5.15. The van der Waals surface area contributed by atoms with Gasteiger partial charge < -0.3 is 14.7 Å². The van der Waals surface area contributed by atoms with E-state index in [0.717, 1.165) is 12.2 Å². The molecule has 110 valence electrons. The summed E-state index contributed by atoms with van der Waals surface area (Å²) in [6.07, 6.45) is 1.79. The molecule has 1 aromatic rings. The third kappa shape index (κ3) is 3.51. The van der Waals surface area contributed by atoms with Gasteiger partial charge in [0.25, 0.3) is 0 Å². The molecule has 4 heteroatoms. The molecule has 2 atom stereocenters. The topological polar surface area (TPSA) is 49.8 Å². The average molecular weight is 277 g/mol. The molecule has 1 amide bonds. The number of likely N-dealkylation sites (tertiary alicyclic amines) is 1. The Bertz CT molecular complexity index is 444. The molecule has 0 spiro atoms. The Morgan fingerprint density at radius 1 is 1.45 bits per heavy atom. The van der Waals surface area contributed by atoms with Gasteiger partial charge in [0.15, 0.2) is 0 Å². The minimum absolute atomic E-state index is 0.143. The minimum atomic E-state index is -0.347. The molecular weight excluding hydrogens is 254 g/mol. The van der Waals surface area contributed by atoms with E-state index >= 15 is 0 Å². The lowest BCUT2D eigenvalue weighted by molar-refractivity contribution is -0.130. The second-order valence-corrected chi connectivity index (χ2v) is 5.36. The molecule has 0 saturated carbocycles. The van der Waals surface area contributed by atoms with Crippen LogP contribution in [-0.4, -0.2) is 42.2 Å². The molecular formula is C16H23NO3. The lowest BCUT2D eigenvalue weighted by Crippen LogP contribution is -2.30. The molecule has 1 aliphatic heterocycles. The Labute approximate surface area is 120 Å². The Morgan fingerprint density at radius 3 is 2.65 bits per heavy atom. The molecule has 1 heterocycles. The van der Waals surface area contributed by atoms with E-state index in [1.54, 1.807) is 12.0 Å². The monoisotopic (exact) mass is 277 g/mol. The van der Waals surface area contributed by atoms with Gasteiger partial charge in [-0.3, -0.25) is 4.79 Å². The Balaban J connectivity index is 1.99. The van der Waals surface area contributed by atoms with Crippen molar-refractivity contribution in [3.8, 4) is 5.75 Å². The van der Waals surface area contributed by atoms with Gasteiger partial charge in [0.05, 0.1) is 13.2 Å². The summed E-state index contributed by atoms with van der Waals surface area (Å²) >= 11 is 0. The number of aliphatic hydroxyl groups is 1. The van der Waals surface area contributed by atoms with Crippen LogP contribution in [0.5, 0.6) is 5.75 Å². The summed E-state index contributed by atoms with van der Waals surface area (Å²) in [6, 6.07) is 7.92. The van der Waals surface area contributed by atoms with Gasteiger partial charge in [-0.2, -0.15) is 0 Å². The maximum Gasteiger partial charge on any atom is 0.223 e. The summed E-state index contributed by atoms with van der Waals surface area (Å²) in [7, 11) is 1.65. The van der Waals surface area contributed by atoms with Gasteiger partial charge in [0.1, 0.15) is 5.75 Å². The molecule has 1 aliphatic rings. The number of amides is 1. The highest BCUT2D eigenvalue weighted by molar-refractivity contribution is 5.77. The van der Waals surface area contributed by atoms with E-state index in [2.05, 4.69) is 6.92 Å². The number of methoxy groups -OCH3 is 1. The number of ether oxygens (including phenoxy) is 1. The fourth-order valence-corrected chi connectivity index (χ4v) is 2.68. The third-order valence-corrected chi connectivity index (χ3v) is 4.02. The average Bonchev–Trinajstić information content (AvgIpc) is 2.91. The SMILES string of the molecule is CCC(CC(=O)N1CC[C@@H](O)C1)c1ccc(OC)cc1. The van der Waals surface area contributed by atoms with Gasteiger partial charge in [-0.15, -0.1) is 0 Å². The van der Waals surface area contributed by atoms with Gasteiger partial charge in [-0.05, 0) is 36.5 Å². The fraction of sp³-hybridized carbons (Fsp3) is 0.562. The highest BCUT2D eigenvalue weighted by atomic mass is 16.5. The first-order valence-corrected chi connectivity index (χ1v) is 7.23. The number of benzene rings is 1. The predicted molar refractivity (Wildman–Crippen MR) is 77.8 cm³/mol. The van der Waals surface area contributed by atoms with Crippen LogP contribution in [0, 0.1) is 0 Å². The number of aliphatic hydroxyl groups excluding tert-OH is 1. The van der Waals surface area contributed by atoms with Gasteiger partial charge in [-0.1, -0.05) is 19.1 Å². The number of hydrogen-bond acceptors (Lipinski definition) is 3. The van der Waals surface area contributed by atoms with E-state index < -0.39 is 0 Å². The highest BCUT2D eigenvalue weighted by Gasteiger charge is 2.26. The molecule has 1 saturated heterocycles. The summed E-state index contributed by atoms with van der Waals surface area (Å²) in [5.74, 6) is 1.20. The van der Waals surface area contributed by atoms with Crippen LogP contribution in [0.4, 0.5) is 0 Å². The zero-order chi connectivity index (χ0) is 14.5. The predicted octanol–water partition coefficient (Wildman–Crippen LogP) is 2.17. The second kappa shape index (κ2) is 6.75. The van der Waals surface area contributed by atoms with E-state index in [4.69, 9.17) is 4.74 Å². The van der Waals surface area contributed by atoms with Crippen LogP contribution in [0.2, 0.25) is 0 Å². The molecule has 4 nitrogen and oxygen atoms in total. The second-order valence-electron chi connectivity index (χ2n) is 5.36. The lowest BCUT2D eigenvalue weighted by Gasteiger charge is -2.20. The van der Waals surface area contributed by atoms with Crippen LogP contribution in [0.15, 0.2) is 24.3 Å². The van der Waals surface area contributed by atoms with Gasteiger partial charge in [0, 0.05) is 19.5 Å². The van der Waals surface area contributed by atoms with Crippen molar-refractivity contribution >= 4 is 5.91 Å². The zero-order valence-corrected chi connectivity index (χ0v) is 12.2. The maximum atomic E-state index is 12.2. The summed E-state index contributed by atoms with van der Waals surface area (Å²) in [4.78, 5) is 14.0. The number of carbonyl (C=O) groups is 1. The molecule has 1 fully saturated rings. The van der Waals surface area contributed by atoms with Crippen molar-refractivity contribution in [1.82, 2.24) is 4.90 Å². The quantitative estimate of drug-likeness (QED) is 0.897. The Hall–Kier alpha value is -1.55. The van der Waals surface area contributed by atoms with Gasteiger partial charge in [-0.25, -0.2) is 0 Å². The lowest BCUT2D eigenvalue weighted by atomic mass is 9.92. The van der Waals surface area contributed by atoms with E-state index in [-0.39, 0.29) is 17.9 Å². The molecule has 1 N–H and O–H groups in total. The van der Waals surface area contributed by atoms with Crippen LogP contribution < -0.4 is 4.74 Å². The number of carbonyl (C=O) groups excluding carboxylic acids is 1.